The van der Waals surface area contributed by atoms with Gasteiger partial charge >= 0.3 is 0 Å². The Bertz CT molecular complexity index is 495. The fourth-order valence-electron chi connectivity index (χ4n) is 2.70. The van der Waals surface area contributed by atoms with Gasteiger partial charge in [-0.3, -0.25) is 4.79 Å². The number of nitrogens with one attached hydrogen (secondary N) is 2. The molecular weight excluding hydrogens is 240 g/mol. The van der Waals surface area contributed by atoms with Gasteiger partial charge in [-0.1, -0.05) is 19.4 Å². The summed E-state index contributed by atoms with van der Waals surface area (Å²) >= 11 is 0. The number of amides is 1. The van der Waals surface area contributed by atoms with Gasteiger partial charge in [-0.15, -0.1) is 0 Å². The van der Waals surface area contributed by atoms with Crippen molar-refractivity contribution in [2.75, 3.05) is 25.0 Å². The van der Waals surface area contributed by atoms with Gasteiger partial charge < -0.3 is 15.4 Å². The Hall–Kier alpha value is -1.71. The second kappa shape index (κ2) is 4.76. The second-order valence-corrected chi connectivity index (χ2v) is 5.80. The zero-order valence-corrected chi connectivity index (χ0v) is 11.3. The summed E-state index contributed by atoms with van der Waals surface area (Å²) in [5.74, 6) is 0.652. The molecule has 0 spiro atoms. The highest BCUT2D eigenvalue weighted by molar-refractivity contribution is 5.99. The topological polar surface area (TPSA) is 50.4 Å². The Morgan fingerprint density at radius 3 is 3.05 bits per heavy atom. The molecule has 0 bridgehead atoms. The van der Waals surface area contributed by atoms with Gasteiger partial charge in [-0.25, -0.2) is 0 Å². The Labute approximate surface area is 113 Å². The van der Waals surface area contributed by atoms with E-state index in [0.29, 0.717) is 23.3 Å². The van der Waals surface area contributed by atoms with Crippen molar-refractivity contribution in [3.8, 4) is 5.75 Å². The SMILES string of the molecule is CC1(CNC(=O)c2cccc3c2OCCN3)CCC1. The lowest BCUT2D eigenvalue weighted by atomic mass is 9.70. The molecule has 19 heavy (non-hydrogen) atoms. The molecule has 1 fully saturated rings. The van der Waals surface area contributed by atoms with Crippen LogP contribution in [0.1, 0.15) is 36.5 Å². The molecule has 2 aliphatic rings. The fraction of sp³-hybridized carbons (Fsp3) is 0.533. The van der Waals surface area contributed by atoms with Crippen LogP contribution < -0.4 is 15.4 Å². The molecule has 102 valence electrons. The van der Waals surface area contributed by atoms with E-state index in [0.717, 1.165) is 18.8 Å². The molecule has 0 aromatic heterocycles. The lowest BCUT2D eigenvalue weighted by Crippen LogP contribution is -2.40. The van der Waals surface area contributed by atoms with Crippen molar-refractivity contribution in [3.63, 3.8) is 0 Å². The first-order valence-electron chi connectivity index (χ1n) is 6.96. The molecular formula is C15H20N2O2. The number of anilines is 1. The molecule has 0 unspecified atom stereocenters. The van der Waals surface area contributed by atoms with Crippen LogP contribution in [0.5, 0.6) is 5.75 Å². The Balaban J connectivity index is 1.72. The molecule has 2 N–H and O–H groups in total. The molecule has 0 saturated heterocycles. The minimum atomic E-state index is -0.0336. The van der Waals surface area contributed by atoms with Gasteiger partial charge in [0.25, 0.3) is 5.91 Å². The van der Waals surface area contributed by atoms with E-state index in [4.69, 9.17) is 4.74 Å². The maximum Gasteiger partial charge on any atom is 0.255 e. The molecule has 1 amide bonds. The monoisotopic (exact) mass is 260 g/mol. The van der Waals surface area contributed by atoms with Crippen LogP contribution in [0.2, 0.25) is 0 Å². The minimum Gasteiger partial charge on any atom is -0.489 e. The van der Waals surface area contributed by atoms with E-state index in [1.54, 1.807) is 0 Å². The summed E-state index contributed by atoms with van der Waals surface area (Å²) in [5, 5.41) is 6.29. The van der Waals surface area contributed by atoms with Crippen LogP contribution in [0.3, 0.4) is 0 Å². The number of rotatable bonds is 3. The van der Waals surface area contributed by atoms with E-state index in [-0.39, 0.29) is 5.91 Å². The van der Waals surface area contributed by atoms with Crippen LogP contribution in [-0.2, 0) is 0 Å². The third-order valence-electron chi connectivity index (χ3n) is 4.16. The summed E-state index contributed by atoms with van der Waals surface area (Å²) in [6.07, 6.45) is 3.69. The van der Waals surface area contributed by atoms with E-state index >= 15 is 0 Å². The predicted molar refractivity (Wildman–Crippen MR) is 74.7 cm³/mol. The fourth-order valence-corrected chi connectivity index (χ4v) is 2.70. The lowest BCUT2D eigenvalue weighted by molar-refractivity contribution is 0.0887. The van der Waals surface area contributed by atoms with Gasteiger partial charge in [0.15, 0.2) is 5.75 Å². The predicted octanol–water partition coefficient (Wildman–Crippen LogP) is 2.41. The highest BCUT2D eigenvalue weighted by atomic mass is 16.5. The van der Waals surface area contributed by atoms with Crippen molar-refractivity contribution in [2.45, 2.75) is 26.2 Å². The number of fused-ring (bicyclic) bond motifs is 1. The van der Waals surface area contributed by atoms with E-state index in [1.165, 1.54) is 19.3 Å². The summed E-state index contributed by atoms with van der Waals surface area (Å²) in [4.78, 5) is 12.3. The van der Waals surface area contributed by atoms with Crippen LogP contribution >= 0.6 is 0 Å². The van der Waals surface area contributed by atoms with E-state index in [9.17, 15) is 4.79 Å². The lowest BCUT2D eigenvalue weighted by Gasteiger charge is -2.38. The molecule has 1 aromatic carbocycles. The average molecular weight is 260 g/mol. The second-order valence-electron chi connectivity index (χ2n) is 5.80. The molecule has 1 aliphatic heterocycles. The molecule has 1 aromatic rings. The van der Waals surface area contributed by atoms with Crippen molar-refractivity contribution in [3.05, 3.63) is 23.8 Å². The van der Waals surface area contributed by atoms with Crippen molar-refractivity contribution in [2.24, 2.45) is 5.41 Å². The normalized spacial score (nSPS) is 19.4. The number of para-hydroxylation sites is 1. The zero-order valence-electron chi connectivity index (χ0n) is 11.3. The maximum atomic E-state index is 12.3. The van der Waals surface area contributed by atoms with Crippen molar-refractivity contribution in [1.82, 2.24) is 5.32 Å². The summed E-state index contributed by atoms with van der Waals surface area (Å²) in [6, 6.07) is 5.66. The summed E-state index contributed by atoms with van der Waals surface area (Å²) in [7, 11) is 0. The number of hydrogen-bond acceptors (Lipinski definition) is 3. The molecule has 1 heterocycles. The Kier molecular flexibility index (Phi) is 3.09. The maximum absolute atomic E-state index is 12.3. The third-order valence-corrected chi connectivity index (χ3v) is 4.16. The molecule has 0 radical (unpaired) electrons. The van der Waals surface area contributed by atoms with Crippen LogP contribution in [0.15, 0.2) is 18.2 Å². The van der Waals surface area contributed by atoms with Crippen molar-refractivity contribution < 1.29 is 9.53 Å². The van der Waals surface area contributed by atoms with Crippen LogP contribution in [0.25, 0.3) is 0 Å². The van der Waals surface area contributed by atoms with Gasteiger partial charge in [0.2, 0.25) is 0 Å². The molecule has 3 rings (SSSR count). The number of carbonyl (C=O) groups excluding carboxylic acids is 1. The number of hydrogen-bond donors (Lipinski definition) is 2. The standard InChI is InChI=1S/C15H20N2O2/c1-15(6-3-7-15)10-17-14(18)11-4-2-5-12-13(11)19-9-8-16-12/h2,4-5,16H,3,6-10H2,1H3,(H,17,18). The molecule has 4 heteroatoms. The summed E-state index contributed by atoms with van der Waals surface area (Å²) in [6.45, 7) is 4.38. The largest absolute Gasteiger partial charge is 0.489 e. The van der Waals surface area contributed by atoms with Crippen LogP contribution in [0, 0.1) is 5.41 Å². The molecule has 0 atom stereocenters. The van der Waals surface area contributed by atoms with E-state index in [2.05, 4.69) is 17.6 Å². The number of benzene rings is 1. The van der Waals surface area contributed by atoms with E-state index in [1.807, 2.05) is 18.2 Å². The van der Waals surface area contributed by atoms with Gasteiger partial charge in [-0.2, -0.15) is 0 Å². The first-order chi connectivity index (χ1) is 9.18. The van der Waals surface area contributed by atoms with E-state index < -0.39 is 0 Å². The van der Waals surface area contributed by atoms with Gasteiger partial charge in [0.05, 0.1) is 11.3 Å². The van der Waals surface area contributed by atoms with Crippen LogP contribution in [0.4, 0.5) is 5.69 Å². The third kappa shape index (κ3) is 2.39. The smallest absolute Gasteiger partial charge is 0.255 e. The summed E-state index contributed by atoms with van der Waals surface area (Å²) < 4.78 is 5.62. The minimum absolute atomic E-state index is 0.0336. The highest BCUT2D eigenvalue weighted by Crippen LogP contribution is 2.39. The molecule has 1 aliphatic carbocycles. The van der Waals surface area contributed by atoms with Crippen molar-refractivity contribution >= 4 is 11.6 Å². The molecule has 4 nitrogen and oxygen atoms in total. The first kappa shape index (κ1) is 12.3. The average Bonchev–Trinajstić information content (AvgIpc) is 2.42. The quantitative estimate of drug-likeness (QED) is 0.877. The van der Waals surface area contributed by atoms with Gasteiger partial charge in [0, 0.05) is 13.1 Å². The van der Waals surface area contributed by atoms with Crippen LogP contribution in [-0.4, -0.2) is 25.6 Å². The first-order valence-corrected chi connectivity index (χ1v) is 6.96. The van der Waals surface area contributed by atoms with Gasteiger partial charge in [-0.05, 0) is 30.4 Å². The highest BCUT2D eigenvalue weighted by Gasteiger charge is 2.32. The Morgan fingerprint density at radius 1 is 1.47 bits per heavy atom. The zero-order chi connectivity index (χ0) is 13.3. The number of ether oxygens (including phenoxy) is 1. The van der Waals surface area contributed by atoms with Crippen molar-refractivity contribution in [1.29, 1.82) is 0 Å². The number of carbonyl (C=O) groups is 1. The Morgan fingerprint density at radius 2 is 2.32 bits per heavy atom. The summed E-state index contributed by atoms with van der Waals surface area (Å²) in [5.41, 5.74) is 1.84. The molecule has 1 saturated carbocycles. The van der Waals surface area contributed by atoms with Gasteiger partial charge in [0.1, 0.15) is 6.61 Å².